The molecule has 0 radical (unpaired) electrons. The van der Waals surface area contributed by atoms with Gasteiger partial charge in [0.2, 0.25) is 11.8 Å². The summed E-state index contributed by atoms with van der Waals surface area (Å²) in [4.78, 5) is 29.4. The molecule has 43 heavy (non-hydrogen) atoms. The number of aryl methyl sites for hydroxylation is 1. The SMILES string of the molecule is CCC(C(=O)NC1CCCCC1)N(Cc1ccc(Cl)cc1)C(=O)CN(c1ccc(OC)cc1)S(=O)(=O)c1ccc(C)cc1. The molecule has 3 aromatic rings. The molecule has 0 aromatic heterocycles. The van der Waals surface area contributed by atoms with Crippen LogP contribution in [-0.4, -0.2) is 50.9 Å². The standard InChI is InChI=1S/C33H40ClN3O5S/c1-4-31(33(39)35-27-8-6-5-7-9-27)36(22-25-12-14-26(34)15-13-25)32(38)23-37(28-16-18-29(42-3)19-17-28)43(40,41)30-20-10-24(2)11-21-30/h10-21,27,31H,4-9,22-23H2,1-3H3,(H,35,39). The average molecular weight is 626 g/mol. The quantitative estimate of drug-likeness (QED) is 0.262. The van der Waals surface area contributed by atoms with E-state index in [0.29, 0.717) is 22.9 Å². The Bertz CT molecular complexity index is 1470. The van der Waals surface area contributed by atoms with E-state index in [-0.39, 0.29) is 23.4 Å². The van der Waals surface area contributed by atoms with E-state index < -0.39 is 28.5 Å². The summed E-state index contributed by atoms with van der Waals surface area (Å²) in [6, 6.07) is 19.4. The summed E-state index contributed by atoms with van der Waals surface area (Å²) in [5.74, 6) is -0.168. The molecule has 1 N–H and O–H groups in total. The predicted octanol–water partition coefficient (Wildman–Crippen LogP) is 6.11. The third-order valence-electron chi connectivity index (χ3n) is 7.85. The van der Waals surface area contributed by atoms with Crippen molar-refractivity contribution in [1.82, 2.24) is 10.2 Å². The van der Waals surface area contributed by atoms with Crippen molar-refractivity contribution in [2.75, 3.05) is 18.0 Å². The summed E-state index contributed by atoms with van der Waals surface area (Å²) in [7, 11) is -2.62. The highest BCUT2D eigenvalue weighted by atomic mass is 35.5. The number of carbonyl (C=O) groups excluding carboxylic acids is 2. The molecule has 230 valence electrons. The second-order valence-electron chi connectivity index (χ2n) is 10.9. The Labute approximate surface area is 260 Å². The van der Waals surface area contributed by atoms with Crippen molar-refractivity contribution >= 4 is 39.1 Å². The van der Waals surface area contributed by atoms with Crippen LogP contribution < -0.4 is 14.4 Å². The van der Waals surface area contributed by atoms with Crippen molar-refractivity contribution in [2.24, 2.45) is 0 Å². The number of hydrogen-bond donors (Lipinski definition) is 1. The van der Waals surface area contributed by atoms with Crippen molar-refractivity contribution in [3.05, 3.63) is 88.9 Å². The van der Waals surface area contributed by atoms with E-state index in [1.165, 1.54) is 24.1 Å². The number of nitrogens with zero attached hydrogens (tertiary/aromatic N) is 2. The van der Waals surface area contributed by atoms with Gasteiger partial charge in [0.25, 0.3) is 10.0 Å². The number of benzene rings is 3. The molecule has 0 spiro atoms. The van der Waals surface area contributed by atoms with Gasteiger partial charge in [-0.1, -0.05) is 67.6 Å². The summed E-state index contributed by atoms with van der Waals surface area (Å²) in [5, 5.41) is 3.71. The first-order valence-corrected chi connectivity index (χ1v) is 16.5. The van der Waals surface area contributed by atoms with Crippen LogP contribution in [0.15, 0.2) is 77.7 Å². The Morgan fingerprint density at radius 1 is 0.953 bits per heavy atom. The van der Waals surface area contributed by atoms with Crippen LogP contribution in [0.4, 0.5) is 5.69 Å². The number of carbonyl (C=O) groups is 2. The number of halogens is 1. The van der Waals surface area contributed by atoms with Crippen molar-refractivity contribution in [3.8, 4) is 5.75 Å². The van der Waals surface area contributed by atoms with Crippen LogP contribution in [0.2, 0.25) is 5.02 Å². The minimum atomic E-state index is -4.15. The van der Waals surface area contributed by atoms with Gasteiger partial charge in [-0.3, -0.25) is 13.9 Å². The monoisotopic (exact) mass is 625 g/mol. The van der Waals surface area contributed by atoms with Gasteiger partial charge in [-0.05, 0) is 80.3 Å². The molecule has 1 aliphatic carbocycles. The van der Waals surface area contributed by atoms with Gasteiger partial charge >= 0.3 is 0 Å². The molecule has 8 nitrogen and oxygen atoms in total. The van der Waals surface area contributed by atoms with Gasteiger partial charge in [0.1, 0.15) is 18.3 Å². The highest BCUT2D eigenvalue weighted by molar-refractivity contribution is 7.92. The minimum absolute atomic E-state index is 0.0630. The van der Waals surface area contributed by atoms with Crippen molar-refractivity contribution in [1.29, 1.82) is 0 Å². The lowest BCUT2D eigenvalue weighted by atomic mass is 9.95. The van der Waals surface area contributed by atoms with E-state index >= 15 is 0 Å². The smallest absolute Gasteiger partial charge is 0.264 e. The Hall–Kier alpha value is -3.56. The normalized spacial score (nSPS) is 14.5. The number of anilines is 1. The third-order valence-corrected chi connectivity index (χ3v) is 9.89. The van der Waals surface area contributed by atoms with Gasteiger partial charge in [0, 0.05) is 17.6 Å². The first kappa shape index (κ1) is 32.4. The fraction of sp³-hybridized carbons (Fsp3) is 0.394. The second kappa shape index (κ2) is 14.8. The molecule has 1 saturated carbocycles. The third kappa shape index (κ3) is 8.30. The molecule has 4 rings (SSSR count). The van der Waals surface area contributed by atoms with E-state index in [4.69, 9.17) is 16.3 Å². The summed E-state index contributed by atoms with van der Waals surface area (Å²) in [5.41, 5.74) is 2.00. The summed E-state index contributed by atoms with van der Waals surface area (Å²) in [6.07, 6.45) is 5.46. The zero-order valence-corrected chi connectivity index (χ0v) is 26.5. The Morgan fingerprint density at radius 2 is 1.58 bits per heavy atom. The number of methoxy groups -OCH3 is 1. The first-order chi connectivity index (χ1) is 20.6. The maximum atomic E-state index is 14.2. The van der Waals surface area contributed by atoms with E-state index in [0.717, 1.165) is 47.5 Å². The van der Waals surface area contributed by atoms with Crippen LogP contribution in [0.3, 0.4) is 0 Å². The van der Waals surface area contributed by atoms with Gasteiger partial charge < -0.3 is 15.0 Å². The fourth-order valence-electron chi connectivity index (χ4n) is 5.36. The van der Waals surface area contributed by atoms with Crippen LogP contribution in [0, 0.1) is 6.92 Å². The molecule has 1 atom stereocenters. The van der Waals surface area contributed by atoms with Crippen molar-refractivity contribution in [2.45, 2.75) is 75.9 Å². The molecule has 0 saturated heterocycles. The number of amides is 2. The molecule has 2 amide bonds. The van der Waals surface area contributed by atoms with Crippen LogP contribution >= 0.6 is 11.6 Å². The van der Waals surface area contributed by atoms with Crippen molar-refractivity contribution in [3.63, 3.8) is 0 Å². The molecule has 1 fully saturated rings. The van der Waals surface area contributed by atoms with Gasteiger partial charge in [-0.15, -0.1) is 0 Å². The minimum Gasteiger partial charge on any atom is -0.497 e. The van der Waals surface area contributed by atoms with Crippen LogP contribution in [0.5, 0.6) is 5.75 Å². The number of ether oxygens (including phenoxy) is 1. The molecule has 0 bridgehead atoms. The molecule has 0 aliphatic heterocycles. The number of rotatable bonds is 12. The second-order valence-corrected chi connectivity index (χ2v) is 13.2. The zero-order chi connectivity index (χ0) is 31.0. The molecule has 0 heterocycles. The summed E-state index contributed by atoms with van der Waals surface area (Å²) >= 11 is 6.11. The molecular formula is C33H40ClN3O5S. The molecular weight excluding hydrogens is 586 g/mol. The van der Waals surface area contributed by atoms with Gasteiger partial charge in [0.15, 0.2) is 0 Å². The van der Waals surface area contributed by atoms with E-state index in [1.807, 2.05) is 13.8 Å². The largest absolute Gasteiger partial charge is 0.497 e. The Balaban J connectivity index is 1.70. The lowest BCUT2D eigenvalue weighted by Crippen LogP contribution is -2.54. The first-order valence-electron chi connectivity index (χ1n) is 14.7. The van der Waals surface area contributed by atoms with E-state index in [9.17, 15) is 18.0 Å². The molecule has 10 heteroatoms. The maximum absolute atomic E-state index is 14.2. The van der Waals surface area contributed by atoms with E-state index in [2.05, 4.69) is 5.32 Å². The number of nitrogens with one attached hydrogen (secondary N) is 1. The summed E-state index contributed by atoms with van der Waals surface area (Å²) < 4.78 is 34.4. The van der Waals surface area contributed by atoms with Crippen LogP contribution in [0.25, 0.3) is 0 Å². The lowest BCUT2D eigenvalue weighted by Gasteiger charge is -2.34. The topological polar surface area (TPSA) is 96.0 Å². The van der Waals surface area contributed by atoms with Gasteiger partial charge in [-0.25, -0.2) is 8.42 Å². The molecule has 1 unspecified atom stereocenters. The Kier molecular flexibility index (Phi) is 11.1. The number of sulfonamides is 1. The zero-order valence-electron chi connectivity index (χ0n) is 25.0. The average Bonchev–Trinajstić information content (AvgIpc) is 3.01. The molecule has 1 aliphatic rings. The number of hydrogen-bond acceptors (Lipinski definition) is 5. The van der Waals surface area contributed by atoms with Gasteiger partial charge in [0.05, 0.1) is 17.7 Å². The summed E-state index contributed by atoms with van der Waals surface area (Å²) in [6.45, 7) is 3.35. The van der Waals surface area contributed by atoms with Crippen molar-refractivity contribution < 1.29 is 22.7 Å². The van der Waals surface area contributed by atoms with Crippen LogP contribution in [-0.2, 0) is 26.2 Å². The van der Waals surface area contributed by atoms with Gasteiger partial charge in [-0.2, -0.15) is 0 Å². The van der Waals surface area contributed by atoms with E-state index in [1.54, 1.807) is 60.7 Å². The lowest BCUT2D eigenvalue weighted by molar-refractivity contribution is -0.140. The Morgan fingerprint density at radius 3 is 2.16 bits per heavy atom. The maximum Gasteiger partial charge on any atom is 0.264 e. The highest BCUT2D eigenvalue weighted by Gasteiger charge is 2.34. The molecule has 3 aromatic carbocycles. The fourth-order valence-corrected chi connectivity index (χ4v) is 6.91. The highest BCUT2D eigenvalue weighted by Crippen LogP contribution is 2.27. The predicted molar refractivity (Wildman–Crippen MR) is 170 cm³/mol. The van der Waals surface area contributed by atoms with Crippen LogP contribution in [0.1, 0.15) is 56.6 Å².